The van der Waals surface area contributed by atoms with Crippen molar-refractivity contribution in [1.29, 1.82) is 0 Å². The summed E-state index contributed by atoms with van der Waals surface area (Å²) in [6.45, 7) is 2.26. The van der Waals surface area contributed by atoms with Crippen LogP contribution in [0.5, 0.6) is 0 Å². The number of rotatable bonds is 5. The van der Waals surface area contributed by atoms with E-state index in [-0.39, 0.29) is 12.6 Å². The first-order chi connectivity index (χ1) is 10.6. The van der Waals surface area contributed by atoms with Gasteiger partial charge in [0.05, 0.1) is 12.6 Å². The molecule has 0 radical (unpaired) electrons. The van der Waals surface area contributed by atoms with E-state index in [1.54, 1.807) is 24.3 Å². The number of benzene rings is 2. The molecule has 116 valence electrons. The smallest absolute Gasteiger partial charge is 0.315 e. The standard InChI is InChI=1S/C17H19ClN2O2/c1-12-3-2-4-13(9-12)10-19-17(22)20-16(11-21)14-5-7-15(18)8-6-14/h2-9,16,21H,10-11H2,1H3,(H2,19,20,22). The molecule has 0 aliphatic carbocycles. The lowest BCUT2D eigenvalue weighted by atomic mass is 10.1. The van der Waals surface area contributed by atoms with E-state index in [9.17, 15) is 9.90 Å². The maximum atomic E-state index is 12.0. The van der Waals surface area contributed by atoms with Crippen molar-refractivity contribution in [3.63, 3.8) is 0 Å². The molecule has 0 saturated carbocycles. The normalized spacial score (nSPS) is 11.8. The molecule has 1 atom stereocenters. The van der Waals surface area contributed by atoms with E-state index < -0.39 is 6.04 Å². The quantitative estimate of drug-likeness (QED) is 0.793. The molecular formula is C17H19ClN2O2. The molecule has 4 nitrogen and oxygen atoms in total. The first-order valence-electron chi connectivity index (χ1n) is 7.04. The van der Waals surface area contributed by atoms with E-state index in [1.165, 1.54) is 0 Å². The zero-order chi connectivity index (χ0) is 15.9. The Kier molecular flexibility index (Phi) is 5.81. The Morgan fingerprint density at radius 1 is 1.23 bits per heavy atom. The fourth-order valence-electron chi connectivity index (χ4n) is 2.14. The lowest BCUT2D eigenvalue weighted by Gasteiger charge is -2.17. The number of aryl methyl sites for hydroxylation is 1. The van der Waals surface area contributed by atoms with Gasteiger partial charge < -0.3 is 15.7 Å². The van der Waals surface area contributed by atoms with E-state index in [0.717, 1.165) is 16.7 Å². The van der Waals surface area contributed by atoms with Crippen LogP contribution in [-0.2, 0) is 6.54 Å². The van der Waals surface area contributed by atoms with Crippen molar-refractivity contribution in [1.82, 2.24) is 10.6 Å². The highest BCUT2D eigenvalue weighted by atomic mass is 35.5. The van der Waals surface area contributed by atoms with Gasteiger partial charge in [-0.05, 0) is 30.2 Å². The molecule has 0 aromatic heterocycles. The third kappa shape index (κ3) is 4.76. The predicted octanol–water partition coefficient (Wildman–Crippen LogP) is 3.18. The molecule has 0 saturated heterocycles. The van der Waals surface area contributed by atoms with E-state index in [4.69, 9.17) is 11.6 Å². The average Bonchev–Trinajstić information content (AvgIpc) is 2.52. The maximum absolute atomic E-state index is 12.0. The number of aliphatic hydroxyl groups is 1. The van der Waals surface area contributed by atoms with Gasteiger partial charge in [0.2, 0.25) is 0 Å². The number of halogens is 1. The SMILES string of the molecule is Cc1cccc(CNC(=O)NC(CO)c2ccc(Cl)cc2)c1. The zero-order valence-electron chi connectivity index (χ0n) is 12.3. The minimum Gasteiger partial charge on any atom is -0.394 e. The first-order valence-corrected chi connectivity index (χ1v) is 7.42. The van der Waals surface area contributed by atoms with Crippen molar-refractivity contribution < 1.29 is 9.90 Å². The molecule has 0 bridgehead atoms. The van der Waals surface area contributed by atoms with Crippen LogP contribution in [-0.4, -0.2) is 17.7 Å². The van der Waals surface area contributed by atoms with Gasteiger partial charge >= 0.3 is 6.03 Å². The van der Waals surface area contributed by atoms with Crippen molar-refractivity contribution >= 4 is 17.6 Å². The monoisotopic (exact) mass is 318 g/mol. The Balaban J connectivity index is 1.90. The number of hydrogen-bond donors (Lipinski definition) is 3. The Labute approximate surface area is 135 Å². The van der Waals surface area contributed by atoms with E-state index in [2.05, 4.69) is 10.6 Å². The summed E-state index contributed by atoms with van der Waals surface area (Å²) < 4.78 is 0. The summed E-state index contributed by atoms with van der Waals surface area (Å²) in [4.78, 5) is 12.0. The molecule has 0 aliphatic heterocycles. The third-order valence-corrected chi connectivity index (χ3v) is 3.55. The van der Waals surface area contributed by atoms with Gasteiger partial charge in [0.15, 0.2) is 0 Å². The second-order valence-corrected chi connectivity index (χ2v) is 5.54. The summed E-state index contributed by atoms with van der Waals surface area (Å²) >= 11 is 5.83. The van der Waals surface area contributed by atoms with Crippen LogP contribution in [0.2, 0.25) is 5.02 Å². The van der Waals surface area contributed by atoms with Gasteiger partial charge in [-0.3, -0.25) is 0 Å². The van der Waals surface area contributed by atoms with Gasteiger partial charge in [-0.25, -0.2) is 4.79 Å². The highest BCUT2D eigenvalue weighted by Crippen LogP contribution is 2.16. The van der Waals surface area contributed by atoms with Gasteiger partial charge in [-0.2, -0.15) is 0 Å². The van der Waals surface area contributed by atoms with Gasteiger partial charge in [0, 0.05) is 11.6 Å². The van der Waals surface area contributed by atoms with Crippen molar-refractivity contribution in [2.24, 2.45) is 0 Å². The molecular weight excluding hydrogens is 300 g/mol. The summed E-state index contributed by atoms with van der Waals surface area (Å²) in [5, 5.41) is 15.6. The molecule has 2 aromatic rings. The summed E-state index contributed by atoms with van der Waals surface area (Å²) in [7, 11) is 0. The van der Waals surface area contributed by atoms with Gasteiger partial charge in [0.1, 0.15) is 0 Å². The van der Waals surface area contributed by atoms with E-state index >= 15 is 0 Å². The molecule has 0 fully saturated rings. The van der Waals surface area contributed by atoms with Crippen LogP contribution in [0.4, 0.5) is 4.79 Å². The zero-order valence-corrected chi connectivity index (χ0v) is 13.1. The Bertz CT molecular complexity index is 629. The number of nitrogens with one attached hydrogen (secondary N) is 2. The maximum Gasteiger partial charge on any atom is 0.315 e. The van der Waals surface area contributed by atoms with Crippen LogP contribution in [0.25, 0.3) is 0 Å². The largest absolute Gasteiger partial charge is 0.394 e. The number of urea groups is 1. The summed E-state index contributed by atoms with van der Waals surface area (Å²) in [6.07, 6.45) is 0. The molecule has 0 heterocycles. The minimum atomic E-state index is -0.463. The van der Waals surface area contributed by atoms with Crippen LogP contribution in [0.3, 0.4) is 0 Å². The fraction of sp³-hybridized carbons (Fsp3) is 0.235. The number of aliphatic hydroxyl groups excluding tert-OH is 1. The Morgan fingerprint density at radius 3 is 2.59 bits per heavy atom. The molecule has 1 unspecified atom stereocenters. The van der Waals surface area contributed by atoms with Crippen molar-refractivity contribution in [2.75, 3.05) is 6.61 Å². The molecule has 2 aromatic carbocycles. The molecule has 2 amide bonds. The fourth-order valence-corrected chi connectivity index (χ4v) is 2.27. The first kappa shape index (κ1) is 16.3. The lowest BCUT2D eigenvalue weighted by molar-refractivity contribution is 0.216. The van der Waals surface area contributed by atoms with E-state index in [1.807, 2.05) is 31.2 Å². The summed E-state index contributed by atoms with van der Waals surface area (Å²) in [6, 6.07) is 14.2. The minimum absolute atomic E-state index is 0.181. The Morgan fingerprint density at radius 2 is 1.95 bits per heavy atom. The summed E-state index contributed by atoms with van der Waals surface area (Å²) in [5.74, 6) is 0. The highest BCUT2D eigenvalue weighted by molar-refractivity contribution is 6.30. The van der Waals surface area contributed by atoms with Crippen LogP contribution >= 0.6 is 11.6 Å². The van der Waals surface area contributed by atoms with Gasteiger partial charge in [0.25, 0.3) is 0 Å². The van der Waals surface area contributed by atoms with Crippen LogP contribution in [0.15, 0.2) is 48.5 Å². The molecule has 0 aliphatic rings. The number of carbonyl (C=O) groups excluding carboxylic acids is 1. The molecule has 0 spiro atoms. The van der Waals surface area contributed by atoms with Crippen LogP contribution < -0.4 is 10.6 Å². The Hall–Kier alpha value is -2.04. The third-order valence-electron chi connectivity index (χ3n) is 3.30. The number of amides is 2. The lowest BCUT2D eigenvalue weighted by Crippen LogP contribution is -2.38. The molecule has 22 heavy (non-hydrogen) atoms. The predicted molar refractivity (Wildman–Crippen MR) is 87.8 cm³/mol. The number of hydrogen-bond acceptors (Lipinski definition) is 2. The highest BCUT2D eigenvalue weighted by Gasteiger charge is 2.13. The molecule has 5 heteroatoms. The van der Waals surface area contributed by atoms with Gasteiger partial charge in [-0.1, -0.05) is 53.6 Å². The van der Waals surface area contributed by atoms with Crippen molar-refractivity contribution in [3.05, 3.63) is 70.2 Å². The van der Waals surface area contributed by atoms with Crippen molar-refractivity contribution in [3.8, 4) is 0 Å². The average molecular weight is 319 g/mol. The molecule has 2 rings (SSSR count). The second kappa shape index (κ2) is 7.82. The molecule has 3 N–H and O–H groups in total. The van der Waals surface area contributed by atoms with E-state index in [0.29, 0.717) is 11.6 Å². The van der Waals surface area contributed by atoms with Crippen LogP contribution in [0.1, 0.15) is 22.7 Å². The topological polar surface area (TPSA) is 61.4 Å². The van der Waals surface area contributed by atoms with Crippen LogP contribution in [0, 0.1) is 6.92 Å². The summed E-state index contributed by atoms with van der Waals surface area (Å²) in [5.41, 5.74) is 2.98. The second-order valence-electron chi connectivity index (χ2n) is 5.10. The van der Waals surface area contributed by atoms with Crippen molar-refractivity contribution in [2.45, 2.75) is 19.5 Å². The number of carbonyl (C=O) groups is 1. The van der Waals surface area contributed by atoms with Gasteiger partial charge in [-0.15, -0.1) is 0 Å².